The second kappa shape index (κ2) is 7.38. The van der Waals surface area contributed by atoms with Gasteiger partial charge in [-0.1, -0.05) is 18.2 Å². The van der Waals surface area contributed by atoms with Crippen LogP contribution in [0.5, 0.6) is 0 Å². The smallest absolute Gasteiger partial charge is 0.296 e. The lowest BCUT2D eigenvalue weighted by molar-refractivity contribution is -0.112. The van der Waals surface area contributed by atoms with Crippen LogP contribution in [0.15, 0.2) is 47.5 Å². The zero-order chi connectivity index (χ0) is 20.5. The minimum Gasteiger partial charge on any atom is -0.360 e. The van der Waals surface area contributed by atoms with E-state index in [0.29, 0.717) is 24.0 Å². The number of amides is 2. The highest BCUT2D eigenvalue weighted by Gasteiger charge is 2.24. The normalized spacial score (nSPS) is 13.6. The number of carbonyl (C=O) groups is 3. The molecule has 148 valence electrons. The Morgan fingerprint density at radius 3 is 2.59 bits per heavy atom. The van der Waals surface area contributed by atoms with Crippen LogP contribution in [0.3, 0.4) is 0 Å². The number of anilines is 1. The minimum absolute atomic E-state index is 0.101. The Labute approximate surface area is 166 Å². The number of hydrogen-bond acceptors (Lipinski definition) is 4. The molecule has 1 aliphatic rings. The molecule has 29 heavy (non-hydrogen) atoms. The van der Waals surface area contributed by atoms with Gasteiger partial charge in [0.05, 0.1) is 11.1 Å². The Kier molecular flexibility index (Phi) is 4.75. The number of benzene rings is 1. The number of nitrogens with one attached hydrogen (secondary N) is 2. The third kappa shape index (κ3) is 3.44. The second-order valence-electron chi connectivity index (χ2n) is 7.09. The molecule has 3 aromatic rings. The maximum Gasteiger partial charge on any atom is 0.296 e. The van der Waals surface area contributed by atoms with E-state index in [0.717, 1.165) is 18.4 Å². The molecule has 8 heteroatoms. The van der Waals surface area contributed by atoms with Crippen LogP contribution in [-0.2, 0) is 11.8 Å². The van der Waals surface area contributed by atoms with Gasteiger partial charge < -0.3 is 19.8 Å². The summed E-state index contributed by atoms with van der Waals surface area (Å²) in [5, 5.41) is 3.01. The number of Topliss-reactive ketones (excluding diaryl/α,β-unsaturated/α-hetero) is 1. The molecule has 0 atom stereocenters. The molecule has 2 N–H and O–H groups in total. The molecule has 8 nitrogen and oxygen atoms in total. The fraction of sp³-hybridized carbons (Fsp3) is 0.238. The van der Waals surface area contributed by atoms with Gasteiger partial charge in [-0.05, 0) is 25.0 Å². The predicted molar refractivity (Wildman–Crippen MR) is 108 cm³/mol. The van der Waals surface area contributed by atoms with Crippen molar-refractivity contribution >= 4 is 34.2 Å². The summed E-state index contributed by atoms with van der Waals surface area (Å²) in [6, 6.07) is 8.46. The maximum absolute atomic E-state index is 12.6. The lowest BCUT2D eigenvalue weighted by Crippen LogP contribution is -2.32. The summed E-state index contributed by atoms with van der Waals surface area (Å²) in [7, 11) is 1.50. The molecule has 1 fully saturated rings. The molecular formula is C21H20N4O4. The standard InChI is InChI=1S/C21H20N4O4/c1-24-12-13(20(28)25-8-4-5-9-25)10-17(21(24)29)23-19(27)18(26)15-11-22-16-7-3-2-6-14(15)16/h2-3,6-7,10-12,22H,4-5,8-9H2,1H3,(H,23,27). The maximum atomic E-state index is 12.6. The fourth-order valence-electron chi connectivity index (χ4n) is 3.58. The summed E-state index contributed by atoms with van der Waals surface area (Å²) in [4.78, 5) is 54.9. The van der Waals surface area contributed by atoms with Crippen molar-refractivity contribution in [3.63, 3.8) is 0 Å². The summed E-state index contributed by atoms with van der Waals surface area (Å²) in [5.41, 5.74) is 0.652. The van der Waals surface area contributed by atoms with Crippen LogP contribution < -0.4 is 10.9 Å². The van der Waals surface area contributed by atoms with Gasteiger partial charge in [-0.15, -0.1) is 0 Å². The van der Waals surface area contributed by atoms with Gasteiger partial charge in [-0.25, -0.2) is 0 Å². The molecule has 2 aromatic heterocycles. The van der Waals surface area contributed by atoms with Crippen molar-refractivity contribution in [3.8, 4) is 0 Å². The number of likely N-dealkylation sites (tertiary alicyclic amines) is 1. The second-order valence-corrected chi connectivity index (χ2v) is 7.09. The first-order valence-corrected chi connectivity index (χ1v) is 9.37. The molecule has 0 aliphatic carbocycles. The zero-order valence-corrected chi connectivity index (χ0v) is 15.9. The first-order valence-electron chi connectivity index (χ1n) is 9.37. The third-order valence-electron chi connectivity index (χ3n) is 5.11. The number of aryl methyl sites for hydroxylation is 1. The lowest BCUT2D eigenvalue weighted by Gasteiger charge is -2.16. The summed E-state index contributed by atoms with van der Waals surface area (Å²) >= 11 is 0. The number of aromatic amines is 1. The predicted octanol–water partition coefficient (Wildman–Crippen LogP) is 1.92. The van der Waals surface area contributed by atoms with Crippen molar-refractivity contribution < 1.29 is 14.4 Å². The van der Waals surface area contributed by atoms with Crippen LogP contribution in [-0.4, -0.2) is 45.1 Å². The van der Waals surface area contributed by atoms with Crippen molar-refractivity contribution in [1.82, 2.24) is 14.5 Å². The van der Waals surface area contributed by atoms with E-state index in [1.54, 1.807) is 23.1 Å². The molecule has 0 saturated carbocycles. The number of nitrogens with zero attached hydrogens (tertiary/aromatic N) is 2. The van der Waals surface area contributed by atoms with E-state index >= 15 is 0 Å². The molecule has 1 saturated heterocycles. The van der Waals surface area contributed by atoms with Crippen molar-refractivity contribution in [2.75, 3.05) is 18.4 Å². The van der Waals surface area contributed by atoms with Crippen molar-refractivity contribution in [1.29, 1.82) is 0 Å². The molecule has 4 rings (SSSR count). The molecule has 0 unspecified atom stereocenters. The number of carbonyl (C=O) groups excluding carboxylic acids is 3. The first kappa shape index (κ1) is 18.7. The van der Waals surface area contributed by atoms with Crippen molar-refractivity contribution in [2.24, 2.45) is 7.05 Å². The van der Waals surface area contributed by atoms with Crippen LogP contribution >= 0.6 is 0 Å². The molecule has 0 spiro atoms. The first-order chi connectivity index (χ1) is 14.0. The van der Waals surface area contributed by atoms with Crippen molar-refractivity contribution in [2.45, 2.75) is 12.8 Å². The number of H-pyrrole nitrogens is 1. The Morgan fingerprint density at radius 2 is 1.83 bits per heavy atom. The number of aromatic nitrogens is 2. The third-order valence-corrected chi connectivity index (χ3v) is 5.11. The molecular weight excluding hydrogens is 372 g/mol. The van der Waals surface area contributed by atoms with Gasteiger partial charge in [0.1, 0.15) is 5.69 Å². The molecule has 1 aromatic carbocycles. The van der Waals surface area contributed by atoms with E-state index < -0.39 is 17.2 Å². The van der Waals surface area contributed by atoms with E-state index in [9.17, 15) is 19.2 Å². The van der Waals surface area contributed by atoms with Gasteiger partial charge in [-0.2, -0.15) is 0 Å². The molecule has 3 heterocycles. The number of fused-ring (bicyclic) bond motifs is 1. The minimum atomic E-state index is -0.933. The Morgan fingerprint density at radius 1 is 1.10 bits per heavy atom. The summed E-state index contributed by atoms with van der Waals surface area (Å²) in [6.45, 7) is 1.34. The largest absolute Gasteiger partial charge is 0.360 e. The topological polar surface area (TPSA) is 104 Å². The highest BCUT2D eigenvalue weighted by atomic mass is 16.2. The average Bonchev–Trinajstić information content (AvgIpc) is 3.40. The summed E-state index contributed by atoms with van der Waals surface area (Å²) in [5.74, 6) is -1.89. The summed E-state index contributed by atoms with van der Waals surface area (Å²) < 4.78 is 1.23. The summed E-state index contributed by atoms with van der Waals surface area (Å²) in [6.07, 6.45) is 4.80. The SMILES string of the molecule is Cn1cc(C(=O)N2CCCC2)cc(NC(=O)C(=O)c2c[nH]c3ccccc23)c1=O. The Balaban J connectivity index is 1.61. The lowest BCUT2D eigenvalue weighted by atomic mass is 10.1. The van der Waals surface area contributed by atoms with Gasteiger partial charge >= 0.3 is 0 Å². The molecule has 2 amide bonds. The van der Waals surface area contributed by atoms with E-state index in [1.165, 1.54) is 30.1 Å². The van der Waals surface area contributed by atoms with Crippen LogP contribution in [0.25, 0.3) is 10.9 Å². The number of pyridine rings is 1. The van der Waals surface area contributed by atoms with E-state index in [-0.39, 0.29) is 17.2 Å². The van der Waals surface area contributed by atoms with Crippen LogP contribution in [0.1, 0.15) is 33.6 Å². The van der Waals surface area contributed by atoms with Gasteiger partial charge in [0.2, 0.25) is 0 Å². The van der Waals surface area contributed by atoms with Crippen LogP contribution in [0.4, 0.5) is 5.69 Å². The van der Waals surface area contributed by atoms with E-state index in [2.05, 4.69) is 10.3 Å². The average molecular weight is 392 g/mol. The highest BCUT2D eigenvalue weighted by Crippen LogP contribution is 2.19. The van der Waals surface area contributed by atoms with Gasteiger partial charge in [0.15, 0.2) is 0 Å². The number of para-hydroxylation sites is 1. The van der Waals surface area contributed by atoms with Gasteiger partial charge in [-0.3, -0.25) is 19.2 Å². The number of ketones is 1. The molecule has 0 radical (unpaired) electrons. The number of rotatable bonds is 4. The quantitative estimate of drug-likeness (QED) is 0.523. The van der Waals surface area contributed by atoms with Crippen LogP contribution in [0, 0.1) is 0 Å². The van der Waals surface area contributed by atoms with Crippen molar-refractivity contribution in [3.05, 3.63) is 64.2 Å². The van der Waals surface area contributed by atoms with Crippen LogP contribution in [0.2, 0.25) is 0 Å². The zero-order valence-electron chi connectivity index (χ0n) is 15.9. The number of hydrogen-bond donors (Lipinski definition) is 2. The molecule has 0 bridgehead atoms. The van der Waals surface area contributed by atoms with Gasteiger partial charge in [0.25, 0.3) is 23.2 Å². The fourth-order valence-corrected chi connectivity index (χ4v) is 3.58. The monoisotopic (exact) mass is 392 g/mol. The van der Waals surface area contributed by atoms with E-state index in [1.807, 2.05) is 6.07 Å². The highest BCUT2D eigenvalue weighted by molar-refractivity contribution is 6.48. The molecule has 1 aliphatic heterocycles. The Hall–Kier alpha value is -3.68. The van der Waals surface area contributed by atoms with E-state index in [4.69, 9.17) is 0 Å². The Bertz CT molecular complexity index is 1180. The van der Waals surface area contributed by atoms with Gasteiger partial charge in [0, 0.05) is 43.4 Å².